The predicted octanol–water partition coefficient (Wildman–Crippen LogP) is 2.08. The number of rotatable bonds is 4. The molecule has 1 amide bonds. The molecule has 2 heterocycles. The number of benzene rings is 1. The number of fused-ring (bicyclic) bond motifs is 1. The molecule has 1 aliphatic heterocycles. The summed E-state index contributed by atoms with van der Waals surface area (Å²) in [6, 6.07) is 8.50. The molecule has 2 aromatic rings. The van der Waals surface area contributed by atoms with Crippen molar-refractivity contribution in [1.29, 1.82) is 0 Å². The van der Waals surface area contributed by atoms with Crippen LogP contribution in [0.4, 0.5) is 0 Å². The van der Waals surface area contributed by atoms with Crippen LogP contribution in [0.1, 0.15) is 12.0 Å². The fraction of sp³-hybridized carbons (Fsp3) is 0.438. The Morgan fingerprint density at radius 3 is 3.00 bits per heavy atom. The van der Waals surface area contributed by atoms with Gasteiger partial charge >= 0.3 is 0 Å². The fourth-order valence-corrected chi connectivity index (χ4v) is 3.16. The summed E-state index contributed by atoms with van der Waals surface area (Å²) in [7, 11) is 4.02. The topological polar surface area (TPSA) is 39.3 Å². The molecule has 0 unspecified atom stereocenters. The van der Waals surface area contributed by atoms with Gasteiger partial charge in [0.25, 0.3) is 0 Å². The first kappa shape index (κ1) is 13.2. The number of nitrogens with zero attached hydrogens (tertiary/aromatic N) is 2. The van der Waals surface area contributed by atoms with E-state index >= 15 is 0 Å². The van der Waals surface area contributed by atoms with Gasteiger partial charge in [0.2, 0.25) is 5.91 Å². The number of carbonyl (C=O) groups is 1. The Kier molecular flexibility index (Phi) is 3.49. The first-order valence-electron chi connectivity index (χ1n) is 7.11. The maximum absolute atomic E-state index is 11.6. The van der Waals surface area contributed by atoms with E-state index in [2.05, 4.69) is 41.2 Å². The summed E-state index contributed by atoms with van der Waals surface area (Å²) in [6.07, 6.45) is 2.67. The van der Waals surface area contributed by atoms with Crippen molar-refractivity contribution in [2.45, 2.75) is 13.0 Å². The molecule has 0 aliphatic carbocycles. The van der Waals surface area contributed by atoms with Crippen LogP contribution in [0.15, 0.2) is 30.5 Å². The molecular weight excluding hydrogens is 250 g/mol. The minimum Gasteiger partial charge on any atom is -0.361 e. The Balaban J connectivity index is 1.66. The second kappa shape index (κ2) is 5.29. The summed E-state index contributed by atoms with van der Waals surface area (Å²) in [5.74, 6) is 0.735. The molecule has 0 bridgehead atoms. The molecular formula is C16H21N3O. The van der Waals surface area contributed by atoms with Gasteiger partial charge in [-0.3, -0.25) is 4.79 Å². The SMILES string of the molecule is CN(Cc1cccc2[nH]ccc12)C[C@H]1CC(=O)N(C)C1. The van der Waals surface area contributed by atoms with Gasteiger partial charge in [-0.15, -0.1) is 0 Å². The smallest absolute Gasteiger partial charge is 0.222 e. The van der Waals surface area contributed by atoms with E-state index < -0.39 is 0 Å². The van der Waals surface area contributed by atoms with Crippen molar-refractivity contribution < 1.29 is 4.79 Å². The van der Waals surface area contributed by atoms with Gasteiger partial charge in [0.1, 0.15) is 0 Å². The number of nitrogens with one attached hydrogen (secondary N) is 1. The third-order valence-corrected chi connectivity index (χ3v) is 4.12. The van der Waals surface area contributed by atoms with E-state index in [0.717, 1.165) is 19.6 Å². The van der Waals surface area contributed by atoms with Gasteiger partial charge in [-0.2, -0.15) is 0 Å². The van der Waals surface area contributed by atoms with Crippen molar-refractivity contribution in [1.82, 2.24) is 14.8 Å². The van der Waals surface area contributed by atoms with Crippen molar-refractivity contribution in [2.24, 2.45) is 5.92 Å². The van der Waals surface area contributed by atoms with Crippen LogP contribution in [0.25, 0.3) is 10.9 Å². The van der Waals surface area contributed by atoms with E-state index in [1.54, 1.807) is 0 Å². The van der Waals surface area contributed by atoms with E-state index in [0.29, 0.717) is 12.3 Å². The predicted molar refractivity (Wildman–Crippen MR) is 80.4 cm³/mol. The zero-order valence-corrected chi connectivity index (χ0v) is 12.1. The van der Waals surface area contributed by atoms with Crippen LogP contribution in [-0.4, -0.2) is 47.9 Å². The van der Waals surface area contributed by atoms with E-state index in [1.165, 1.54) is 16.5 Å². The average Bonchev–Trinajstić information content (AvgIpc) is 2.98. The minimum absolute atomic E-state index is 0.274. The minimum atomic E-state index is 0.274. The van der Waals surface area contributed by atoms with E-state index in [1.807, 2.05) is 18.1 Å². The molecule has 20 heavy (non-hydrogen) atoms. The second-order valence-corrected chi connectivity index (χ2v) is 5.90. The lowest BCUT2D eigenvalue weighted by atomic mass is 10.1. The molecule has 0 saturated carbocycles. The van der Waals surface area contributed by atoms with Crippen LogP contribution >= 0.6 is 0 Å². The first-order valence-corrected chi connectivity index (χ1v) is 7.11. The molecule has 1 fully saturated rings. The highest BCUT2D eigenvalue weighted by atomic mass is 16.2. The number of likely N-dealkylation sites (tertiary alicyclic amines) is 1. The lowest BCUT2D eigenvalue weighted by Gasteiger charge is -2.21. The van der Waals surface area contributed by atoms with Crippen LogP contribution in [0, 0.1) is 5.92 Å². The third kappa shape index (κ3) is 2.56. The fourth-order valence-electron chi connectivity index (χ4n) is 3.16. The third-order valence-electron chi connectivity index (χ3n) is 4.12. The molecule has 4 heteroatoms. The highest BCUT2D eigenvalue weighted by Gasteiger charge is 2.27. The van der Waals surface area contributed by atoms with Gasteiger partial charge in [0.05, 0.1) is 0 Å². The summed E-state index contributed by atoms with van der Waals surface area (Å²) < 4.78 is 0. The number of amides is 1. The monoisotopic (exact) mass is 271 g/mol. The molecule has 1 saturated heterocycles. The number of aromatic amines is 1. The number of carbonyl (C=O) groups excluding carboxylic acids is 1. The van der Waals surface area contributed by atoms with Crippen LogP contribution in [-0.2, 0) is 11.3 Å². The van der Waals surface area contributed by atoms with Gasteiger partial charge in [-0.05, 0) is 30.7 Å². The van der Waals surface area contributed by atoms with Crippen LogP contribution in [0.3, 0.4) is 0 Å². The van der Waals surface area contributed by atoms with Crippen molar-refractivity contribution in [3.05, 3.63) is 36.0 Å². The van der Waals surface area contributed by atoms with Crippen LogP contribution in [0.5, 0.6) is 0 Å². The number of hydrogen-bond acceptors (Lipinski definition) is 2. The Labute approximate surface area is 119 Å². The Bertz CT molecular complexity index is 619. The zero-order valence-electron chi connectivity index (χ0n) is 12.1. The molecule has 1 aliphatic rings. The number of H-pyrrole nitrogens is 1. The molecule has 3 rings (SSSR count). The molecule has 1 N–H and O–H groups in total. The van der Waals surface area contributed by atoms with E-state index in [9.17, 15) is 4.79 Å². The first-order chi connectivity index (χ1) is 9.63. The van der Waals surface area contributed by atoms with Gasteiger partial charge in [-0.25, -0.2) is 0 Å². The normalized spacial score (nSPS) is 19.4. The summed E-state index contributed by atoms with van der Waals surface area (Å²) in [5.41, 5.74) is 2.52. The molecule has 0 radical (unpaired) electrons. The summed E-state index contributed by atoms with van der Waals surface area (Å²) >= 11 is 0. The number of hydrogen-bond donors (Lipinski definition) is 1. The highest BCUT2D eigenvalue weighted by molar-refractivity contribution is 5.82. The van der Waals surface area contributed by atoms with Crippen molar-refractivity contribution in [2.75, 3.05) is 27.2 Å². The van der Waals surface area contributed by atoms with Crippen molar-refractivity contribution >= 4 is 16.8 Å². The molecule has 4 nitrogen and oxygen atoms in total. The molecule has 1 aromatic heterocycles. The van der Waals surface area contributed by atoms with Crippen molar-refractivity contribution in [3.63, 3.8) is 0 Å². The largest absolute Gasteiger partial charge is 0.361 e. The molecule has 106 valence electrons. The van der Waals surface area contributed by atoms with Gasteiger partial charge in [0, 0.05) is 50.2 Å². The van der Waals surface area contributed by atoms with E-state index in [-0.39, 0.29) is 5.91 Å². The summed E-state index contributed by atoms with van der Waals surface area (Å²) in [5, 5.41) is 1.29. The summed E-state index contributed by atoms with van der Waals surface area (Å²) in [6.45, 7) is 2.78. The molecule has 0 spiro atoms. The Hall–Kier alpha value is -1.81. The Morgan fingerprint density at radius 1 is 1.40 bits per heavy atom. The summed E-state index contributed by atoms with van der Waals surface area (Å²) in [4.78, 5) is 19.0. The van der Waals surface area contributed by atoms with Gasteiger partial charge in [0.15, 0.2) is 0 Å². The lowest BCUT2D eigenvalue weighted by Crippen LogP contribution is -2.27. The molecule has 1 aromatic carbocycles. The molecule has 1 atom stereocenters. The maximum atomic E-state index is 11.6. The Morgan fingerprint density at radius 2 is 2.25 bits per heavy atom. The lowest BCUT2D eigenvalue weighted by molar-refractivity contribution is -0.126. The van der Waals surface area contributed by atoms with Gasteiger partial charge in [-0.1, -0.05) is 12.1 Å². The maximum Gasteiger partial charge on any atom is 0.222 e. The van der Waals surface area contributed by atoms with Crippen LogP contribution < -0.4 is 0 Å². The van der Waals surface area contributed by atoms with Crippen molar-refractivity contribution in [3.8, 4) is 0 Å². The van der Waals surface area contributed by atoms with Gasteiger partial charge < -0.3 is 14.8 Å². The number of aromatic nitrogens is 1. The average molecular weight is 271 g/mol. The van der Waals surface area contributed by atoms with Crippen LogP contribution in [0.2, 0.25) is 0 Å². The zero-order chi connectivity index (χ0) is 14.1. The van der Waals surface area contributed by atoms with E-state index in [4.69, 9.17) is 0 Å². The second-order valence-electron chi connectivity index (χ2n) is 5.90. The standard InChI is InChI=1S/C16H21N3O/c1-18(9-12-8-16(20)19(2)10-12)11-13-4-3-5-15-14(13)6-7-17-15/h3-7,12,17H,8-11H2,1-2H3/t12-/m1/s1. The quantitative estimate of drug-likeness (QED) is 0.924. The highest BCUT2D eigenvalue weighted by Crippen LogP contribution is 2.21.